The molecule has 0 saturated heterocycles. The van der Waals surface area contributed by atoms with Crippen molar-refractivity contribution in [3.05, 3.63) is 48.0 Å². The van der Waals surface area contributed by atoms with Crippen LogP contribution in [0, 0.1) is 0 Å². The lowest BCUT2D eigenvalue weighted by Gasteiger charge is -2.13. The summed E-state index contributed by atoms with van der Waals surface area (Å²) in [5, 5.41) is 13.0. The van der Waals surface area contributed by atoms with Gasteiger partial charge >= 0.3 is 0 Å². The number of methoxy groups -OCH3 is 1. The lowest BCUT2D eigenvalue weighted by molar-refractivity contribution is 0.252. The molecular formula is C15H15F2NO2S. The number of rotatable bonds is 6. The van der Waals surface area contributed by atoms with E-state index >= 15 is 0 Å². The minimum absolute atomic E-state index is 0.0477. The molecule has 112 valence electrons. The first-order chi connectivity index (χ1) is 10.1. The van der Waals surface area contributed by atoms with Gasteiger partial charge in [0.15, 0.2) is 11.5 Å². The molecule has 0 aromatic heterocycles. The molecule has 0 heterocycles. The van der Waals surface area contributed by atoms with Gasteiger partial charge < -0.3 is 15.2 Å². The van der Waals surface area contributed by atoms with Crippen LogP contribution in [-0.2, 0) is 6.54 Å². The van der Waals surface area contributed by atoms with Gasteiger partial charge in [-0.25, -0.2) is 0 Å². The minimum Gasteiger partial charge on any atom is -0.504 e. The average molecular weight is 311 g/mol. The van der Waals surface area contributed by atoms with Crippen molar-refractivity contribution in [1.29, 1.82) is 0 Å². The molecule has 2 rings (SSSR count). The standard InChI is InChI=1S/C15H15F2NO2S/c1-20-12-7-4-5-10(14(12)19)9-18-11-6-2-3-8-13(11)21-15(16)17/h2-8,15,18-19H,9H2,1H3. The van der Waals surface area contributed by atoms with Gasteiger partial charge in [-0.1, -0.05) is 36.0 Å². The maximum Gasteiger partial charge on any atom is 0.288 e. The molecule has 2 aromatic carbocycles. The number of phenols is 1. The Morgan fingerprint density at radius 1 is 1.19 bits per heavy atom. The maximum atomic E-state index is 12.5. The van der Waals surface area contributed by atoms with Gasteiger partial charge in [0.25, 0.3) is 5.76 Å². The largest absolute Gasteiger partial charge is 0.504 e. The van der Waals surface area contributed by atoms with Gasteiger partial charge in [0.05, 0.1) is 7.11 Å². The van der Waals surface area contributed by atoms with Crippen LogP contribution in [0.25, 0.3) is 0 Å². The first-order valence-electron chi connectivity index (χ1n) is 6.24. The van der Waals surface area contributed by atoms with Crippen molar-refractivity contribution in [3.8, 4) is 11.5 Å². The lowest BCUT2D eigenvalue weighted by Crippen LogP contribution is -2.02. The Labute approximate surface area is 125 Å². The normalized spacial score (nSPS) is 10.7. The molecule has 0 atom stereocenters. The lowest BCUT2D eigenvalue weighted by atomic mass is 10.2. The second kappa shape index (κ2) is 7.17. The SMILES string of the molecule is COc1cccc(CNc2ccccc2SC(F)F)c1O. The second-order valence-corrected chi connectivity index (χ2v) is 5.23. The molecule has 0 amide bonds. The van der Waals surface area contributed by atoms with E-state index in [1.807, 2.05) is 0 Å². The van der Waals surface area contributed by atoms with Crippen molar-refractivity contribution >= 4 is 17.4 Å². The molecule has 2 N–H and O–H groups in total. The number of para-hydroxylation sites is 2. The minimum atomic E-state index is -2.47. The number of hydrogen-bond donors (Lipinski definition) is 2. The quantitative estimate of drug-likeness (QED) is 0.779. The predicted molar refractivity (Wildman–Crippen MR) is 80.3 cm³/mol. The van der Waals surface area contributed by atoms with E-state index in [0.29, 0.717) is 40.2 Å². The molecule has 0 saturated carbocycles. The van der Waals surface area contributed by atoms with Gasteiger partial charge in [-0.15, -0.1) is 0 Å². The highest BCUT2D eigenvalue weighted by Gasteiger charge is 2.11. The zero-order valence-electron chi connectivity index (χ0n) is 11.3. The molecular weight excluding hydrogens is 296 g/mol. The molecule has 6 heteroatoms. The summed E-state index contributed by atoms with van der Waals surface area (Å²) in [6, 6.07) is 12.0. The summed E-state index contributed by atoms with van der Waals surface area (Å²) >= 11 is 0.489. The molecule has 0 radical (unpaired) electrons. The summed E-state index contributed by atoms with van der Waals surface area (Å²) < 4.78 is 30.0. The third kappa shape index (κ3) is 4.01. The highest BCUT2D eigenvalue weighted by molar-refractivity contribution is 7.99. The molecule has 2 aromatic rings. The van der Waals surface area contributed by atoms with Crippen molar-refractivity contribution in [2.75, 3.05) is 12.4 Å². The van der Waals surface area contributed by atoms with E-state index in [1.54, 1.807) is 42.5 Å². The van der Waals surface area contributed by atoms with Gasteiger partial charge in [-0.2, -0.15) is 8.78 Å². The zero-order chi connectivity index (χ0) is 15.2. The average Bonchev–Trinajstić information content (AvgIpc) is 2.47. The van der Waals surface area contributed by atoms with E-state index in [2.05, 4.69) is 5.32 Å². The number of halogens is 2. The van der Waals surface area contributed by atoms with Crippen LogP contribution in [0.5, 0.6) is 11.5 Å². The van der Waals surface area contributed by atoms with Crippen LogP contribution in [0.15, 0.2) is 47.4 Å². The summed E-state index contributed by atoms with van der Waals surface area (Å²) in [6.45, 7) is 0.309. The molecule has 0 spiro atoms. The number of aromatic hydroxyl groups is 1. The highest BCUT2D eigenvalue weighted by Crippen LogP contribution is 2.33. The Kier molecular flexibility index (Phi) is 5.27. The third-order valence-electron chi connectivity index (χ3n) is 2.87. The van der Waals surface area contributed by atoms with Gasteiger partial charge in [0, 0.05) is 22.7 Å². The van der Waals surface area contributed by atoms with Gasteiger partial charge in [-0.3, -0.25) is 0 Å². The fraction of sp³-hybridized carbons (Fsp3) is 0.200. The number of thioether (sulfide) groups is 1. The van der Waals surface area contributed by atoms with Gasteiger partial charge in [0.1, 0.15) is 0 Å². The topological polar surface area (TPSA) is 41.5 Å². The maximum absolute atomic E-state index is 12.5. The number of phenolic OH excluding ortho intramolecular Hbond substituents is 1. The van der Waals surface area contributed by atoms with Crippen LogP contribution < -0.4 is 10.1 Å². The van der Waals surface area contributed by atoms with Crippen molar-refractivity contribution in [1.82, 2.24) is 0 Å². The van der Waals surface area contributed by atoms with Crippen molar-refractivity contribution < 1.29 is 18.6 Å². The van der Waals surface area contributed by atoms with E-state index in [-0.39, 0.29) is 5.75 Å². The number of nitrogens with one attached hydrogen (secondary N) is 1. The summed E-state index contributed by atoms with van der Waals surface area (Å²) in [5.41, 5.74) is 1.23. The Morgan fingerprint density at radius 3 is 2.67 bits per heavy atom. The second-order valence-electron chi connectivity index (χ2n) is 4.20. The summed E-state index contributed by atoms with van der Waals surface area (Å²) in [6.07, 6.45) is 0. The molecule has 0 fully saturated rings. The Balaban J connectivity index is 2.13. The van der Waals surface area contributed by atoms with E-state index in [0.717, 1.165) is 0 Å². The summed E-state index contributed by atoms with van der Waals surface area (Å²) in [5.74, 6) is -2.05. The van der Waals surface area contributed by atoms with Crippen LogP contribution in [0.2, 0.25) is 0 Å². The summed E-state index contributed by atoms with van der Waals surface area (Å²) in [4.78, 5) is 0.467. The number of anilines is 1. The van der Waals surface area contributed by atoms with Crippen LogP contribution >= 0.6 is 11.8 Å². The molecule has 0 unspecified atom stereocenters. The number of benzene rings is 2. The van der Waals surface area contributed by atoms with E-state index < -0.39 is 5.76 Å². The first kappa shape index (κ1) is 15.4. The monoisotopic (exact) mass is 311 g/mol. The van der Waals surface area contributed by atoms with Crippen LogP contribution in [0.4, 0.5) is 14.5 Å². The fourth-order valence-corrected chi connectivity index (χ4v) is 2.49. The summed E-state index contributed by atoms with van der Waals surface area (Å²) in [7, 11) is 1.47. The van der Waals surface area contributed by atoms with Crippen LogP contribution in [0.3, 0.4) is 0 Å². The van der Waals surface area contributed by atoms with Gasteiger partial charge in [-0.05, 0) is 18.2 Å². The van der Waals surface area contributed by atoms with Crippen LogP contribution in [0.1, 0.15) is 5.56 Å². The van der Waals surface area contributed by atoms with Crippen molar-refractivity contribution in [3.63, 3.8) is 0 Å². The molecule has 0 aliphatic heterocycles. The molecule has 0 aliphatic carbocycles. The third-order valence-corrected chi connectivity index (χ3v) is 3.66. The Bertz CT molecular complexity index is 608. The molecule has 0 bridgehead atoms. The number of hydrogen-bond acceptors (Lipinski definition) is 4. The Morgan fingerprint density at radius 2 is 1.95 bits per heavy atom. The highest BCUT2D eigenvalue weighted by atomic mass is 32.2. The van der Waals surface area contributed by atoms with Gasteiger partial charge in [0.2, 0.25) is 0 Å². The number of alkyl halides is 2. The van der Waals surface area contributed by atoms with Crippen molar-refractivity contribution in [2.24, 2.45) is 0 Å². The molecule has 3 nitrogen and oxygen atoms in total. The zero-order valence-corrected chi connectivity index (χ0v) is 12.2. The van der Waals surface area contributed by atoms with Crippen LogP contribution in [-0.4, -0.2) is 18.0 Å². The number of ether oxygens (including phenoxy) is 1. The smallest absolute Gasteiger partial charge is 0.288 e. The first-order valence-corrected chi connectivity index (χ1v) is 7.12. The Hall–Kier alpha value is -1.95. The molecule has 0 aliphatic rings. The molecule has 21 heavy (non-hydrogen) atoms. The predicted octanol–water partition coefficient (Wildman–Crippen LogP) is 4.33. The van der Waals surface area contributed by atoms with E-state index in [4.69, 9.17) is 4.74 Å². The fourth-order valence-electron chi connectivity index (χ4n) is 1.88. The van der Waals surface area contributed by atoms with E-state index in [9.17, 15) is 13.9 Å². The van der Waals surface area contributed by atoms with Crippen molar-refractivity contribution in [2.45, 2.75) is 17.2 Å². The van der Waals surface area contributed by atoms with E-state index in [1.165, 1.54) is 7.11 Å².